The molecule has 298 valence electrons. The number of anilines is 4. The molecule has 2 aromatic rings. The quantitative estimate of drug-likeness (QED) is 0.273. The van der Waals surface area contributed by atoms with Crippen molar-refractivity contribution >= 4 is 35.5 Å². The number of carbonyl (C=O) groups excluding carboxylic acids is 1. The summed E-state index contributed by atoms with van der Waals surface area (Å²) in [6.45, 7) is 8.73. The number of esters is 1. The number of methoxy groups -OCH3 is 1. The van der Waals surface area contributed by atoms with Crippen molar-refractivity contribution in [3.63, 3.8) is 0 Å². The van der Waals surface area contributed by atoms with Crippen molar-refractivity contribution in [2.24, 2.45) is 35.5 Å². The van der Waals surface area contributed by atoms with E-state index in [9.17, 15) is 27.2 Å². The summed E-state index contributed by atoms with van der Waals surface area (Å²) in [6, 6.07) is 0.569. The minimum Gasteiger partial charge on any atom is -0.481 e. The van der Waals surface area contributed by atoms with Gasteiger partial charge in [-0.25, -0.2) is 9.97 Å². The normalized spacial score (nSPS) is 32.9. The van der Waals surface area contributed by atoms with E-state index in [0.717, 1.165) is 39.0 Å². The molecule has 0 radical (unpaired) electrons. The van der Waals surface area contributed by atoms with Crippen LogP contribution in [0.15, 0.2) is 0 Å². The van der Waals surface area contributed by atoms with Crippen molar-refractivity contribution in [3.8, 4) is 0 Å². The molecule has 6 fully saturated rings. The number of hydrogen-bond donors (Lipinski definition) is 1. The number of piperidine rings is 2. The van der Waals surface area contributed by atoms with Crippen LogP contribution in [0.3, 0.4) is 0 Å². The fraction of sp³-hybridized carbons (Fsp3) is 0.744. The van der Waals surface area contributed by atoms with Crippen LogP contribution in [-0.2, 0) is 39.0 Å². The Kier molecular flexibility index (Phi) is 8.87. The number of carboxylic acids is 1. The van der Waals surface area contributed by atoms with E-state index in [1.807, 2.05) is 9.80 Å². The Labute approximate surface area is 318 Å². The highest BCUT2D eigenvalue weighted by Gasteiger charge is 2.58. The number of nitrogens with zero attached hydrogens (tertiary/aromatic N) is 8. The standard InChI is InChI=1S/C20H26F2N4O2.C19H24F2N4O2/c1-11-5-7-26(11)19-23-17-12(4-3-6-20(17,21)22)18(24-19)25-9-14-13(15(14)10-25)8-16(27)28-2;1-10-4-6-25(10)18-22-16-11(3-2-5-19(16,20)21)17(23-18)24-8-13-12(7-15(26)27)14(13)9-24/h11,13-15H,3-10H2,1-2H3;10,12-14H,2-9H2,1H3,(H,26,27)/t11-,13?,14-,15+;10-,12?,13-,14+/m00/s1. The number of ether oxygens (including phenoxy) is 1. The first-order valence-corrected chi connectivity index (χ1v) is 20.1. The van der Waals surface area contributed by atoms with Gasteiger partial charge in [-0.2, -0.15) is 27.5 Å². The maximum atomic E-state index is 14.7. The number of fused-ring (bicyclic) bond motifs is 4. The maximum Gasteiger partial charge on any atom is 0.305 e. The van der Waals surface area contributed by atoms with Crippen LogP contribution in [0, 0.1) is 35.5 Å². The van der Waals surface area contributed by atoms with E-state index in [0.29, 0.717) is 115 Å². The van der Waals surface area contributed by atoms with Crippen molar-refractivity contribution in [2.45, 2.75) is 102 Å². The third kappa shape index (κ3) is 6.42. The topological polar surface area (TPSA) is 128 Å². The van der Waals surface area contributed by atoms with Crippen LogP contribution in [0.25, 0.3) is 0 Å². The minimum atomic E-state index is -2.90. The van der Waals surface area contributed by atoms with Crippen molar-refractivity contribution < 1.29 is 37.0 Å². The molecule has 0 aromatic carbocycles. The zero-order chi connectivity index (χ0) is 38.6. The molecule has 12 nitrogen and oxygen atoms in total. The van der Waals surface area contributed by atoms with Gasteiger partial charge in [0.05, 0.1) is 7.11 Å². The molecule has 16 heteroatoms. The lowest BCUT2D eigenvalue weighted by Gasteiger charge is -2.40. The lowest BCUT2D eigenvalue weighted by atomic mass is 9.92. The predicted molar refractivity (Wildman–Crippen MR) is 195 cm³/mol. The second kappa shape index (κ2) is 13.3. The number of carbonyl (C=O) groups is 2. The zero-order valence-electron chi connectivity index (χ0n) is 31.7. The Morgan fingerprint density at radius 1 is 0.709 bits per heavy atom. The molecule has 4 saturated heterocycles. The lowest BCUT2D eigenvalue weighted by Crippen LogP contribution is -2.47. The monoisotopic (exact) mass is 770 g/mol. The van der Waals surface area contributed by atoms with Crippen molar-refractivity contribution in [1.29, 1.82) is 0 Å². The van der Waals surface area contributed by atoms with Crippen LogP contribution in [0.4, 0.5) is 41.1 Å². The molecule has 0 bridgehead atoms. The van der Waals surface area contributed by atoms with Crippen molar-refractivity contribution in [2.75, 3.05) is 66.0 Å². The van der Waals surface area contributed by atoms with Crippen LogP contribution in [0.1, 0.15) is 87.7 Å². The summed E-state index contributed by atoms with van der Waals surface area (Å²) in [5, 5.41) is 9.01. The van der Waals surface area contributed by atoms with Gasteiger partial charge in [-0.1, -0.05) is 0 Å². The maximum absolute atomic E-state index is 14.7. The smallest absolute Gasteiger partial charge is 0.305 e. The number of rotatable bonds is 8. The Balaban J connectivity index is 0.000000144. The van der Waals surface area contributed by atoms with Gasteiger partial charge in [0.1, 0.15) is 23.0 Å². The van der Waals surface area contributed by atoms with Gasteiger partial charge in [-0.15, -0.1) is 0 Å². The van der Waals surface area contributed by atoms with Gasteiger partial charge in [-0.3, -0.25) is 9.59 Å². The fourth-order valence-corrected chi connectivity index (χ4v) is 10.3. The van der Waals surface area contributed by atoms with Crippen molar-refractivity contribution in [3.05, 3.63) is 22.5 Å². The van der Waals surface area contributed by atoms with Crippen LogP contribution in [-0.4, -0.2) is 95.4 Å². The molecule has 8 aliphatic rings. The fourth-order valence-electron chi connectivity index (χ4n) is 10.3. The molecule has 4 aliphatic carbocycles. The summed E-state index contributed by atoms with van der Waals surface area (Å²) < 4.78 is 63.4. The van der Waals surface area contributed by atoms with Gasteiger partial charge in [0.25, 0.3) is 11.8 Å². The molecule has 55 heavy (non-hydrogen) atoms. The highest BCUT2D eigenvalue weighted by atomic mass is 19.3. The molecule has 4 aliphatic heterocycles. The third-order valence-electron chi connectivity index (χ3n) is 14.0. The highest BCUT2D eigenvalue weighted by Crippen LogP contribution is 2.56. The van der Waals surface area contributed by atoms with E-state index < -0.39 is 17.8 Å². The Bertz CT molecular complexity index is 1860. The first-order valence-electron chi connectivity index (χ1n) is 20.1. The Morgan fingerprint density at radius 2 is 1.13 bits per heavy atom. The molecule has 1 N–H and O–H groups in total. The van der Waals surface area contributed by atoms with Gasteiger partial charge in [0, 0.05) is 88.2 Å². The van der Waals surface area contributed by atoms with Gasteiger partial charge >= 0.3 is 11.9 Å². The second-order valence-electron chi connectivity index (χ2n) is 17.3. The number of halogens is 4. The number of hydrogen-bond acceptors (Lipinski definition) is 11. The Hall–Kier alpha value is -3.98. The molecule has 2 saturated carbocycles. The number of carboxylic acid groups (broad SMARTS) is 1. The van der Waals surface area contributed by atoms with E-state index in [-0.39, 0.29) is 48.6 Å². The van der Waals surface area contributed by atoms with Gasteiger partial charge in [0.2, 0.25) is 11.9 Å². The summed E-state index contributed by atoms with van der Waals surface area (Å²) >= 11 is 0. The van der Waals surface area contributed by atoms with E-state index in [4.69, 9.17) is 19.8 Å². The molecule has 2 unspecified atom stereocenters. The molecule has 6 heterocycles. The molecular weight excluding hydrogens is 720 g/mol. The number of aliphatic carboxylic acids is 1. The van der Waals surface area contributed by atoms with Crippen LogP contribution in [0.2, 0.25) is 0 Å². The first-order chi connectivity index (χ1) is 26.2. The summed E-state index contributed by atoms with van der Waals surface area (Å²) in [5.74, 6) is -2.33. The minimum absolute atomic E-state index is 0.0652. The number of alkyl halides is 4. The molecule has 8 atom stereocenters. The lowest BCUT2D eigenvalue weighted by molar-refractivity contribution is -0.141. The molecule has 2 aromatic heterocycles. The average molecular weight is 771 g/mol. The van der Waals surface area contributed by atoms with E-state index in [1.165, 1.54) is 7.11 Å². The largest absolute Gasteiger partial charge is 0.481 e. The first kappa shape index (κ1) is 36.6. The summed E-state index contributed by atoms with van der Waals surface area (Å²) in [5.41, 5.74) is 1.07. The molecule has 0 amide bonds. The predicted octanol–water partition coefficient (Wildman–Crippen LogP) is 5.41. The molecule has 0 spiro atoms. The summed E-state index contributed by atoms with van der Waals surface area (Å²) in [6.07, 6.45) is 4.52. The summed E-state index contributed by atoms with van der Waals surface area (Å²) in [4.78, 5) is 49.0. The third-order valence-corrected chi connectivity index (χ3v) is 14.0. The summed E-state index contributed by atoms with van der Waals surface area (Å²) in [7, 11) is 1.42. The number of aromatic nitrogens is 4. The Morgan fingerprint density at radius 3 is 1.47 bits per heavy atom. The van der Waals surface area contributed by atoms with E-state index in [2.05, 4.69) is 33.6 Å². The highest BCUT2D eigenvalue weighted by molar-refractivity contribution is 5.70. The SMILES string of the molecule is COC(=O)CC1[C@H]2CN(c3nc(N4CC[C@@H]4C)nc4c3CCCC4(F)F)C[C@@H]12.C[C@H]1CCN1c1nc(N2C[C@@H]3C(CC(=O)O)[C@@H]3C2)c2c(n1)C(F)(F)CCC2. The van der Waals surface area contributed by atoms with E-state index >= 15 is 0 Å². The zero-order valence-corrected chi connectivity index (χ0v) is 31.7. The second-order valence-corrected chi connectivity index (χ2v) is 17.3. The van der Waals surface area contributed by atoms with Crippen LogP contribution < -0.4 is 19.6 Å². The van der Waals surface area contributed by atoms with Crippen LogP contribution in [0.5, 0.6) is 0 Å². The van der Waals surface area contributed by atoms with Gasteiger partial charge < -0.3 is 29.4 Å². The van der Waals surface area contributed by atoms with Crippen LogP contribution >= 0.6 is 0 Å². The van der Waals surface area contributed by atoms with Crippen molar-refractivity contribution in [1.82, 2.24) is 19.9 Å². The molecular formula is C39H50F4N8O4. The van der Waals surface area contributed by atoms with E-state index in [1.54, 1.807) is 0 Å². The molecule has 10 rings (SSSR count). The van der Waals surface area contributed by atoms with Gasteiger partial charge in [0.15, 0.2) is 0 Å². The average Bonchev–Trinajstić information content (AvgIpc) is 3.74. The van der Waals surface area contributed by atoms with Gasteiger partial charge in [-0.05, 0) is 87.9 Å².